The van der Waals surface area contributed by atoms with Crippen LogP contribution in [0.1, 0.15) is 28.2 Å². The molecule has 0 amide bonds. The standard InChI is InChI=1S/C17H14N2OS/c20-16-15-12-7-4-8-13(12)21-17(15)19-14(18-16)10-9-11-5-2-1-3-6-11/h1-3,5-6,9-10H,4,7-8H2,(H,18,19,20)/b10-9+. The highest BCUT2D eigenvalue weighted by atomic mass is 32.1. The van der Waals surface area contributed by atoms with Crippen LogP contribution >= 0.6 is 11.3 Å². The van der Waals surface area contributed by atoms with Gasteiger partial charge in [0.2, 0.25) is 0 Å². The Morgan fingerprint density at radius 1 is 1.14 bits per heavy atom. The summed E-state index contributed by atoms with van der Waals surface area (Å²) in [5, 5.41) is 0.810. The van der Waals surface area contributed by atoms with E-state index >= 15 is 0 Å². The molecule has 2 heterocycles. The van der Waals surface area contributed by atoms with Crippen LogP contribution < -0.4 is 5.56 Å². The van der Waals surface area contributed by atoms with E-state index in [0.717, 1.165) is 35.0 Å². The number of aryl methyl sites for hydroxylation is 2. The van der Waals surface area contributed by atoms with Crippen molar-refractivity contribution in [2.45, 2.75) is 19.3 Å². The lowest BCUT2D eigenvalue weighted by atomic mass is 10.2. The van der Waals surface area contributed by atoms with Crippen molar-refractivity contribution < 1.29 is 0 Å². The third-order valence-electron chi connectivity index (χ3n) is 3.83. The molecule has 1 aliphatic carbocycles. The van der Waals surface area contributed by atoms with Crippen LogP contribution in [0.5, 0.6) is 0 Å². The lowest BCUT2D eigenvalue weighted by molar-refractivity contribution is 0.916. The highest BCUT2D eigenvalue weighted by Gasteiger charge is 2.20. The third kappa shape index (κ3) is 2.21. The lowest BCUT2D eigenvalue weighted by Gasteiger charge is -1.96. The Morgan fingerprint density at radius 2 is 2.00 bits per heavy atom. The van der Waals surface area contributed by atoms with E-state index in [0.29, 0.717) is 5.82 Å². The van der Waals surface area contributed by atoms with Crippen molar-refractivity contribution in [3.05, 3.63) is 62.5 Å². The van der Waals surface area contributed by atoms with E-state index in [2.05, 4.69) is 9.97 Å². The normalized spacial score (nSPS) is 14.1. The van der Waals surface area contributed by atoms with Crippen LogP contribution in [0.2, 0.25) is 0 Å². The summed E-state index contributed by atoms with van der Waals surface area (Å²) in [6.45, 7) is 0. The smallest absolute Gasteiger partial charge is 0.260 e. The molecule has 3 aromatic rings. The second kappa shape index (κ2) is 4.97. The van der Waals surface area contributed by atoms with E-state index in [9.17, 15) is 4.79 Å². The van der Waals surface area contributed by atoms with Crippen LogP contribution in [0, 0.1) is 0 Å². The van der Waals surface area contributed by atoms with E-state index in [4.69, 9.17) is 0 Å². The SMILES string of the molecule is O=c1[nH]c(/C=C/c2ccccc2)nc2sc3c(c12)CCC3. The fourth-order valence-corrected chi connectivity index (χ4v) is 4.11. The van der Waals surface area contributed by atoms with Gasteiger partial charge in [-0.2, -0.15) is 0 Å². The summed E-state index contributed by atoms with van der Waals surface area (Å²) in [6, 6.07) is 10.0. The average molecular weight is 294 g/mol. The summed E-state index contributed by atoms with van der Waals surface area (Å²) in [6.07, 6.45) is 7.09. The topological polar surface area (TPSA) is 45.8 Å². The number of benzene rings is 1. The molecule has 1 aliphatic rings. The molecule has 0 fully saturated rings. The van der Waals surface area contributed by atoms with Gasteiger partial charge in [0, 0.05) is 4.88 Å². The molecule has 0 atom stereocenters. The Morgan fingerprint density at radius 3 is 2.86 bits per heavy atom. The van der Waals surface area contributed by atoms with Crippen LogP contribution in [0.25, 0.3) is 22.4 Å². The molecule has 3 nitrogen and oxygen atoms in total. The predicted molar refractivity (Wildman–Crippen MR) is 87.6 cm³/mol. The van der Waals surface area contributed by atoms with E-state index in [1.54, 1.807) is 11.3 Å². The van der Waals surface area contributed by atoms with E-state index < -0.39 is 0 Å². The van der Waals surface area contributed by atoms with Crippen LogP contribution in [-0.4, -0.2) is 9.97 Å². The second-order valence-corrected chi connectivity index (χ2v) is 6.32. The highest BCUT2D eigenvalue weighted by Crippen LogP contribution is 2.34. The van der Waals surface area contributed by atoms with Crippen molar-refractivity contribution in [3.8, 4) is 0 Å². The van der Waals surface area contributed by atoms with Crippen molar-refractivity contribution in [2.75, 3.05) is 0 Å². The van der Waals surface area contributed by atoms with Crippen molar-refractivity contribution in [2.24, 2.45) is 0 Å². The molecule has 4 heteroatoms. The van der Waals surface area contributed by atoms with Gasteiger partial charge in [-0.1, -0.05) is 36.4 Å². The molecule has 0 bridgehead atoms. The summed E-state index contributed by atoms with van der Waals surface area (Å²) in [4.78, 5) is 22.0. The van der Waals surface area contributed by atoms with Crippen molar-refractivity contribution in [3.63, 3.8) is 0 Å². The Labute approximate surface area is 126 Å². The number of aromatic amines is 1. The first-order chi connectivity index (χ1) is 10.3. The zero-order chi connectivity index (χ0) is 14.2. The minimum absolute atomic E-state index is 0.00730. The molecule has 2 aromatic heterocycles. The first kappa shape index (κ1) is 12.5. The summed E-state index contributed by atoms with van der Waals surface area (Å²) < 4.78 is 0. The van der Waals surface area contributed by atoms with E-state index in [-0.39, 0.29) is 5.56 Å². The molecule has 1 aromatic carbocycles. The number of aromatic nitrogens is 2. The number of nitrogens with one attached hydrogen (secondary N) is 1. The minimum atomic E-state index is -0.00730. The lowest BCUT2D eigenvalue weighted by Crippen LogP contribution is -2.09. The van der Waals surface area contributed by atoms with Gasteiger partial charge in [-0.25, -0.2) is 4.98 Å². The van der Waals surface area contributed by atoms with Gasteiger partial charge in [-0.05, 0) is 36.5 Å². The predicted octanol–water partition coefficient (Wildman–Crippen LogP) is 3.64. The number of H-pyrrole nitrogens is 1. The molecule has 0 radical (unpaired) electrons. The van der Waals surface area contributed by atoms with E-state index in [1.165, 1.54) is 10.4 Å². The molecular weight excluding hydrogens is 280 g/mol. The van der Waals surface area contributed by atoms with Gasteiger partial charge in [-0.15, -0.1) is 11.3 Å². The first-order valence-corrected chi connectivity index (χ1v) is 7.90. The summed E-state index contributed by atoms with van der Waals surface area (Å²) in [5.74, 6) is 0.622. The Balaban J connectivity index is 1.78. The largest absolute Gasteiger partial charge is 0.306 e. The number of nitrogens with zero attached hydrogens (tertiary/aromatic N) is 1. The van der Waals surface area contributed by atoms with Crippen molar-refractivity contribution in [1.82, 2.24) is 9.97 Å². The zero-order valence-electron chi connectivity index (χ0n) is 11.4. The number of thiophene rings is 1. The molecule has 104 valence electrons. The summed E-state index contributed by atoms with van der Waals surface area (Å²) in [5.41, 5.74) is 2.31. The van der Waals surface area contributed by atoms with Gasteiger partial charge in [-0.3, -0.25) is 4.79 Å². The Hall–Kier alpha value is -2.20. The maximum Gasteiger partial charge on any atom is 0.260 e. The molecule has 0 aliphatic heterocycles. The molecule has 0 saturated carbocycles. The summed E-state index contributed by atoms with van der Waals surface area (Å²) in [7, 11) is 0. The quantitative estimate of drug-likeness (QED) is 0.784. The number of fused-ring (bicyclic) bond motifs is 3. The highest BCUT2D eigenvalue weighted by molar-refractivity contribution is 7.18. The number of rotatable bonds is 2. The van der Waals surface area contributed by atoms with Crippen LogP contribution in [-0.2, 0) is 12.8 Å². The number of hydrogen-bond donors (Lipinski definition) is 1. The molecular formula is C17H14N2OS. The van der Waals surface area contributed by atoms with Gasteiger partial charge in [0.15, 0.2) is 0 Å². The minimum Gasteiger partial charge on any atom is -0.306 e. The monoisotopic (exact) mass is 294 g/mol. The maximum absolute atomic E-state index is 12.3. The molecule has 0 spiro atoms. The molecule has 0 unspecified atom stereocenters. The summed E-state index contributed by atoms with van der Waals surface area (Å²) >= 11 is 1.67. The van der Waals surface area contributed by atoms with Gasteiger partial charge in [0.1, 0.15) is 10.7 Å². The van der Waals surface area contributed by atoms with Crippen molar-refractivity contribution in [1.29, 1.82) is 0 Å². The average Bonchev–Trinajstić information content (AvgIpc) is 3.06. The fraction of sp³-hybridized carbons (Fsp3) is 0.176. The third-order valence-corrected chi connectivity index (χ3v) is 5.01. The van der Waals surface area contributed by atoms with Crippen LogP contribution in [0.15, 0.2) is 35.1 Å². The van der Waals surface area contributed by atoms with Crippen LogP contribution in [0.4, 0.5) is 0 Å². The second-order valence-electron chi connectivity index (χ2n) is 5.23. The van der Waals surface area contributed by atoms with Gasteiger partial charge in [0.05, 0.1) is 5.39 Å². The van der Waals surface area contributed by atoms with Crippen molar-refractivity contribution >= 4 is 33.7 Å². The molecule has 1 N–H and O–H groups in total. The van der Waals surface area contributed by atoms with Gasteiger partial charge >= 0.3 is 0 Å². The van der Waals surface area contributed by atoms with Gasteiger partial charge < -0.3 is 4.98 Å². The molecule has 4 rings (SSSR count). The fourth-order valence-electron chi connectivity index (χ4n) is 2.84. The zero-order valence-corrected chi connectivity index (χ0v) is 12.2. The molecule has 0 saturated heterocycles. The van der Waals surface area contributed by atoms with Crippen LogP contribution in [0.3, 0.4) is 0 Å². The first-order valence-electron chi connectivity index (χ1n) is 7.09. The maximum atomic E-state index is 12.3. The van der Waals surface area contributed by atoms with E-state index in [1.807, 2.05) is 42.5 Å². The molecule has 21 heavy (non-hydrogen) atoms. The van der Waals surface area contributed by atoms with Gasteiger partial charge in [0.25, 0.3) is 5.56 Å². The Bertz CT molecular complexity index is 890. The number of hydrogen-bond acceptors (Lipinski definition) is 3. The Kier molecular flexibility index (Phi) is 2.97.